The van der Waals surface area contributed by atoms with Crippen molar-refractivity contribution in [2.24, 2.45) is 5.16 Å². The predicted molar refractivity (Wildman–Crippen MR) is 75.0 cm³/mol. The molecule has 0 aromatic heterocycles. The van der Waals surface area contributed by atoms with Gasteiger partial charge < -0.3 is 10.1 Å². The van der Waals surface area contributed by atoms with Gasteiger partial charge in [0.25, 0.3) is 0 Å². The van der Waals surface area contributed by atoms with Crippen LogP contribution in [0, 0.1) is 5.82 Å². The first-order valence-corrected chi connectivity index (χ1v) is 7.03. The summed E-state index contributed by atoms with van der Waals surface area (Å²) in [5.41, 5.74) is 0.351. The summed E-state index contributed by atoms with van der Waals surface area (Å²) in [6.45, 7) is 7.08. The number of nitrogens with zero attached hydrogens (tertiary/aromatic N) is 2. The van der Waals surface area contributed by atoms with E-state index in [1.54, 1.807) is 18.2 Å². The van der Waals surface area contributed by atoms with Crippen molar-refractivity contribution in [3.63, 3.8) is 0 Å². The molecular weight excluding hydrogens is 251 g/mol. The second-order valence-corrected chi connectivity index (χ2v) is 4.84. The van der Waals surface area contributed by atoms with Crippen LogP contribution in [0.2, 0.25) is 0 Å². The molecule has 0 radical (unpaired) electrons. The van der Waals surface area contributed by atoms with Gasteiger partial charge in [-0.3, -0.25) is 0 Å². The highest BCUT2D eigenvalue weighted by Gasteiger charge is 2.10. The number of rotatable bonds is 6. The van der Waals surface area contributed by atoms with Gasteiger partial charge in [0.1, 0.15) is 10.9 Å². The molecule has 0 aliphatic heterocycles. The van der Waals surface area contributed by atoms with Crippen LogP contribution in [0.25, 0.3) is 0 Å². The number of hydrogen-bond acceptors (Lipinski definition) is 4. The maximum absolute atomic E-state index is 13.5. The molecular formula is C13H19FN2OS. The van der Waals surface area contributed by atoms with Crippen LogP contribution in [0.5, 0.6) is 0 Å². The number of thioether (sulfide) groups is 1. The molecule has 1 aromatic carbocycles. The number of benzene rings is 1. The molecule has 0 heterocycles. The van der Waals surface area contributed by atoms with Gasteiger partial charge >= 0.3 is 0 Å². The first-order valence-electron chi connectivity index (χ1n) is 6.05. The zero-order valence-electron chi connectivity index (χ0n) is 10.8. The summed E-state index contributed by atoms with van der Waals surface area (Å²) in [6, 6.07) is 6.34. The third-order valence-corrected chi connectivity index (χ3v) is 3.70. The molecule has 0 spiro atoms. The van der Waals surface area contributed by atoms with Crippen LogP contribution < -0.4 is 0 Å². The fourth-order valence-electron chi connectivity index (χ4n) is 1.61. The predicted octanol–water partition coefficient (Wildman–Crippen LogP) is 3.04. The van der Waals surface area contributed by atoms with E-state index in [4.69, 9.17) is 5.21 Å². The summed E-state index contributed by atoms with van der Waals surface area (Å²) in [5, 5.41) is 12.5. The number of hydrogen-bond donors (Lipinski definition) is 1. The van der Waals surface area contributed by atoms with E-state index in [9.17, 15) is 4.39 Å². The second kappa shape index (κ2) is 8.11. The SMILES string of the molecule is CCN(CC)CCS/C(=N/O)c1ccccc1F. The Morgan fingerprint density at radius 1 is 1.33 bits per heavy atom. The highest BCUT2D eigenvalue weighted by molar-refractivity contribution is 8.14. The van der Waals surface area contributed by atoms with Crippen LogP contribution in [0.15, 0.2) is 29.4 Å². The Hall–Kier alpha value is -1.07. The van der Waals surface area contributed by atoms with Crippen LogP contribution in [0.1, 0.15) is 19.4 Å². The average Bonchev–Trinajstić information content (AvgIpc) is 2.40. The first kappa shape index (κ1) is 15.0. The molecule has 0 saturated heterocycles. The Bertz CT molecular complexity index is 394. The monoisotopic (exact) mass is 270 g/mol. The summed E-state index contributed by atoms with van der Waals surface area (Å²) >= 11 is 1.37. The molecule has 0 bridgehead atoms. The molecule has 1 rings (SSSR count). The van der Waals surface area contributed by atoms with E-state index in [0.717, 1.165) is 25.4 Å². The molecule has 3 nitrogen and oxygen atoms in total. The van der Waals surface area contributed by atoms with Crippen molar-refractivity contribution in [2.75, 3.05) is 25.4 Å². The van der Waals surface area contributed by atoms with Crippen LogP contribution in [-0.2, 0) is 0 Å². The lowest BCUT2D eigenvalue weighted by Gasteiger charge is -2.17. The first-order chi connectivity index (χ1) is 8.72. The van der Waals surface area contributed by atoms with Crippen LogP contribution in [0.3, 0.4) is 0 Å². The Morgan fingerprint density at radius 2 is 2.00 bits per heavy atom. The molecule has 0 aliphatic rings. The highest BCUT2D eigenvalue weighted by Crippen LogP contribution is 2.16. The minimum Gasteiger partial charge on any atom is -0.410 e. The van der Waals surface area contributed by atoms with Crippen molar-refractivity contribution in [1.29, 1.82) is 0 Å². The number of oxime groups is 1. The fraction of sp³-hybridized carbons (Fsp3) is 0.462. The molecule has 0 fully saturated rings. The zero-order chi connectivity index (χ0) is 13.4. The van der Waals surface area contributed by atoms with E-state index in [1.165, 1.54) is 17.8 Å². The molecule has 18 heavy (non-hydrogen) atoms. The average molecular weight is 270 g/mol. The third kappa shape index (κ3) is 4.31. The van der Waals surface area contributed by atoms with Gasteiger partial charge in [0.15, 0.2) is 0 Å². The molecule has 0 amide bonds. The van der Waals surface area contributed by atoms with Gasteiger partial charge in [0.2, 0.25) is 0 Å². The van der Waals surface area contributed by atoms with Crippen LogP contribution >= 0.6 is 11.8 Å². The van der Waals surface area contributed by atoms with Crippen LogP contribution in [-0.4, -0.2) is 40.5 Å². The summed E-state index contributed by atoms with van der Waals surface area (Å²) in [4.78, 5) is 2.27. The second-order valence-electron chi connectivity index (χ2n) is 3.76. The largest absolute Gasteiger partial charge is 0.410 e. The fourth-order valence-corrected chi connectivity index (χ4v) is 2.53. The molecule has 100 valence electrons. The van der Waals surface area contributed by atoms with Crippen LogP contribution in [0.4, 0.5) is 4.39 Å². The Balaban J connectivity index is 2.57. The Kier molecular flexibility index (Phi) is 6.75. The molecule has 0 saturated carbocycles. The molecule has 0 unspecified atom stereocenters. The van der Waals surface area contributed by atoms with Crippen molar-refractivity contribution in [3.8, 4) is 0 Å². The maximum atomic E-state index is 13.5. The smallest absolute Gasteiger partial charge is 0.145 e. The minimum absolute atomic E-state index is 0.334. The molecule has 0 aliphatic carbocycles. The van der Waals surface area contributed by atoms with E-state index in [0.29, 0.717) is 10.6 Å². The van der Waals surface area contributed by atoms with E-state index < -0.39 is 0 Å². The van der Waals surface area contributed by atoms with Gasteiger partial charge in [0.05, 0.1) is 0 Å². The van der Waals surface area contributed by atoms with E-state index in [-0.39, 0.29) is 5.82 Å². The van der Waals surface area contributed by atoms with Gasteiger partial charge in [0, 0.05) is 17.9 Å². The topological polar surface area (TPSA) is 35.8 Å². The quantitative estimate of drug-likeness (QED) is 0.373. The van der Waals surface area contributed by atoms with Gasteiger partial charge in [-0.2, -0.15) is 0 Å². The summed E-state index contributed by atoms with van der Waals surface area (Å²) in [5.74, 6) is 0.413. The lowest BCUT2D eigenvalue weighted by atomic mass is 10.2. The normalized spacial score (nSPS) is 12.1. The van der Waals surface area contributed by atoms with E-state index >= 15 is 0 Å². The third-order valence-electron chi connectivity index (χ3n) is 2.74. The van der Waals surface area contributed by atoms with Crippen molar-refractivity contribution in [2.45, 2.75) is 13.8 Å². The van der Waals surface area contributed by atoms with Gasteiger partial charge in [-0.05, 0) is 25.2 Å². The Morgan fingerprint density at radius 3 is 2.56 bits per heavy atom. The van der Waals surface area contributed by atoms with Gasteiger partial charge in [-0.15, -0.1) is 11.8 Å². The molecule has 5 heteroatoms. The van der Waals surface area contributed by atoms with Crippen molar-refractivity contribution in [3.05, 3.63) is 35.6 Å². The lowest BCUT2D eigenvalue weighted by molar-refractivity contribution is 0.320. The summed E-state index contributed by atoms with van der Waals surface area (Å²) < 4.78 is 13.5. The molecule has 1 N–H and O–H groups in total. The van der Waals surface area contributed by atoms with E-state index in [1.807, 2.05) is 0 Å². The summed E-state index contributed by atoms with van der Waals surface area (Å²) in [6.07, 6.45) is 0. The van der Waals surface area contributed by atoms with Crippen molar-refractivity contribution < 1.29 is 9.60 Å². The van der Waals surface area contributed by atoms with Gasteiger partial charge in [-0.1, -0.05) is 31.1 Å². The highest BCUT2D eigenvalue weighted by atomic mass is 32.2. The molecule has 1 aromatic rings. The maximum Gasteiger partial charge on any atom is 0.145 e. The lowest BCUT2D eigenvalue weighted by Crippen LogP contribution is -2.25. The molecule has 0 atom stereocenters. The minimum atomic E-state index is -0.361. The number of halogens is 1. The standard InChI is InChI=1S/C13H19FN2OS/c1-3-16(4-2)9-10-18-13(15-17)11-7-5-6-8-12(11)14/h5-8,17H,3-4,9-10H2,1-2H3/b15-13+. The Labute approximate surface area is 112 Å². The van der Waals surface area contributed by atoms with Crippen molar-refractivity contribution >= 4 is 16.8 Å². The summed E-state index contributed by atoms with van der Waals surface area (Å²) in [7, 11) is 0. The zero-order valence-corrected chi connectivity index (χ0v) is 11.6. The van der Waals surface area contributed by atoms with E-state index in [2.05, 4.69) is 23.9 Å². The van der Waals surface area contributed by atoms with Crippen molar-refractivity contribution in [1.82, 2.24) is 4.90 Å². The van der Waals surface area contributed by atoms with Gasteiger partial charge in [-0.25, -0.2) is 4.39 Å².